The molecule has 3 saturated heterocycles. The summed E-state index contributed by atoms with van der Waals surface area (Å²) in [5.41, 5.74) is 3.77. The van der Waals surface area contributed by atoms with Crippen LogP contribution in [0.25, 0.3) is 16.7 Å². The maximum absolute atomic E-state index is 11.6. The van der Waals surface area contributed by atoms with Crippen molar-refractivity contribution >= 4 is 26.6 Å². The summed E-state index contributed by atoms with van der Waals surface area (Å²) in [6.07, 6.45) is 4.63. The van der Waals surface area contributed by atoms with Crippen LogP contribution in [0.1, 0.15) is 29.3 Å². The Morgan fingerprint density at radius 1 is 1.06 bits per heavy atom. The number of morpholine rings is 1. The molecule has 0 spiro atoms. The number of piperidine rings is 1. The molecule has 4 atom stereocenters. The summed E-state index contributed by atoms with van der Waals surface area (Å²) in [4.78, 5) is 14.2. The van der Waals surface area contributed by atoms with Crippen LogP contribution in [0.5, 0.6) is 0 Å². The van der Waals surface area contributed by atoms with Gasteiger partial charge in [0.1, 0.15) is 21.5 Å². The van der Waals surface area contributed by atoms with Gasteiger partial charge in [-0.2, -0.15) is 5.10 Å². The van der Waals surface area contributed by atoms with Gasteiger partial charge in [-0.05, 0) is 61.3 Å². The van der Waals surface area contributed by atoms with Gasteiger partial charge >= 0.3 is 0 Å². The van der Waals surface area contributed by atoms with Gasteiger partial charge in [-0.15, -0.1) is 0 Å². The number of anilines is 1. The second kappa shape index (κ2) is 7.97. The third-order valence-corrected chi connectivity index (χ3v) is 9.51. The Morgan fingerprint density at radius 3 is 2.53 bits per heavy atom. The van der Waals surface area contributed by atoms with Crippen molar-refractivity contribution in [3.8, 4) is 5.82 Å². The molecule has 0 radical (unpaired) electrons. The van der Waals surface area contributed by atoms with Gasteiger partial charge in [-0.1, -0.05) is 0 Å². The van der Waals surface area contributed by atoms with Gasteiger partial charge in [-0.3, -0.25) is 0 Å². The molecule has 36 heavy (non-hydrogen) atoms. The predicted molar refractivity (Wildman–Crippen MR) is 137 cm³/mol. The van der Waals surface area contributed by atoms with Crippen LogP contribution in [0.2, 0.25) is 0 Å². The van der Waals surface area contributed by atoms with Crippen LogP contribution in [0.3, 0.4) is 0 Å². The SMILES string of the molecule is Cc1nc(N2CC3CC2CO3)cc(-n2ncc3cc(C)c(C4C5CN(CCS(C)(=O)=O)CC54)cc32)n1. The van der Waals surface area contributed by atoms with E-state index in [9.17, 15) is 8.42 Å². The number of aromatic nitrogens is 4. The molecule has 4 fully saturated rings. The number of fused-ring (bicyclic) bond motifs is 4. The predicted octanol–water partition coefficient (Wildman–Crippen LogP) is 2.10. The van der Waals surface area contributed by atoms with Gasteiger partial charge in [0.2, 0.25) is 0 Å². The molecule has 190 valence electrons. The Hall–Kier alpha value is -2.56. The van der Waals surface area contributed by atoms with Crippen molar-refractivity contribution in [2.75, 3.05) is 49.7 Å². The van der Waals surface area contributed by atoms with Crippen LogP contribution in [-0.4, -0.2) is 90.0 Å². The number of aryl methyl sites for hydroxylation is 2. The second-order valence-electron chi connectivity index (χ2n) is 11.2. The molecule has 3 aliphatic heterocycles. The van der Waals surface area contributed by atoms with Crippen molar-refractivity contribution in [3.63, 3.8) is 0 Å². The van der Waals surface area contributed by atoms with E-state index in [0.29, 0.717) is 36.4 Å². The molecule has 1 aromatic carbocycles. The molecule has 0 amide bonds. The molecule has 7 rings (SSSR count). The van der Waals surface area contributed by atoms with E-state index in [2.05, 4.69) is 34.9 Å². The Bertz CT molecular complexity index is 1460. The van der Waals surface area contributed by atoms with Crippen molar-refractivity contribution < 1.29 is 13.2 Å². The summed E-state index contributed by atoms with van der Waals surface area (Å²) < 4.78 is 30.9. The number of benzene rings is 1. The van der Waals surface area contributed by atoms with Gasteiger partial charge in [0.25, 0.3) is 0 Å². The lowest BCUT2D eigenvalue weighted by atomic mass is 9.99. The highest BCUT2D eigenvalue weighted by atomic mass is 32.2. The van der Waals surface area contributed by atoms with Crippen LogP contribution in [0.15, 0.2) is 24.4 Å². The summed E-state index contributed by atoms with van der Waals surface area (Å²) >= 11 is 0. The average Bonchev–Trinajstić information content (AvgIpc) is 3.38. The van der Waals surface area contributed by atoms with Crippen molar-refractivity contribution in [2.24, 2.45) is 11.8 Å². The number of sulfone groups is 1. The van der Waals surface area contributed by atoms with E-state index in [0.717, 1.165) is 61.0 Å². The van der Waals surface area contributed by atoms with Gasteiger partial charge in [0, 0.05) is 43.9 Å². The normalized spacial score (nSPS) is 29.4. The first-order chi connectivity index (χ1) is 17.2. The number of likely N-dealkylation sites (tertiary alicyclic amines) is 1. The first-order valence-electron chi connectivity index (χ1n) is 12.9. The second-order valence-corrected chi connectivity index (χ2v) is 13.5. The molecule has 0 N–H and O–H groups in total. The third kappa shape index (κ3) is 3.81. The first-order valence-corrected chi connectivity index (χ1v) is 14.9. The molecule has 1 aliphatic carbocycles. The van der Waals surface area contributed by atoms with Gasteiger partial charge in [0.15, 0.2) is 5.82 Å². The minimum absolute atomic E-state index is 0.244. The number of rotatable bonds is 6. The van der Waals surface area contributed by atoms with Crippen LogP contribution in [0, 0.1) is 25.7 Å². The molecule has 3 aromatic rings. The van der Waals surface area contributed by atoms with Crippen LogP contribution in [0.4, 0.5) is 5.82 Å². The highest BCUT2D eigenvalue weighted by Gasteiger charge is 2.56. The smallest absolute Gasteiger partial charge is 0.159 e. The van der Waals surface area contributed by atoms with Crippen molar-refractivity contribution in [2.45, 2.75) is 38.3 Å². The standard InChI is InChI=1S/C26H32N6O3S/c1-15-6-17-10-27-32(25-9-24(28-16(2)29-25)31-11-19-7-18(31)14-35-19)23(17)8-20(15)26-21-12-30(13-22(21)26)4-5-36(3,33)34/h6,8-10,18-19,21-22,26H,4-5,7,11-14H2,1-3H3. The van der Waals surface area contributed by atoms with Gasteiger partial charge in [0.05, 0.1) is 36.2 Å². The first kappa shape index (κ1) is 22.6. The quantitative estimate of drug-likeness (QED) is 0.500. The Kier molecular flexibility index (Phi) is 5.01. The maximum atomic E-state index is 11.6. The number of hydrogen-bond acceptors (Lipinski definition) is 8. The molecule has 1 saturated carbocycles. The summed E-state index contributed by atoms with van der Waals surface area (Å²) in [5.74, 6) is 4.50. The van der Waals surface area contributed by atoms with E-state index in [-0.39, 0.29) is 5.75 Å². The molecule has 2 bridgehead atoms. The fraction of sp³-hybridized carbons (Fsp3) is 0.577. The van der Waals surface area contributed by atoms with E-state index in [1.54, 1.807) is 0 Å². The number of hydrogen-bond donors (Lipinski definition) is 0. The van der Waals surface area contributed by atoms with Crippen LogP contribution >= 0.6 is 0 Å². The fourth-order valence-corrected chi connectivity index (χ4v) is 7.36. The van der Waals surface area contributed by atoms with E-state index in [1.165, 1.54) is 17.4 Å². The van der Waals surface area contributed by atoms with E-state index in [4.69, 9.17) is 19.8 Å². The molecule has 2 aromatic heterocycles. The third-order valence-electron chi connectivity index (χ3n) is 8.59. The van der Waals surface area contributed by atoms with Crippen LogP contribution in [-0.2, 0) is 14.6 Å². The average molecular weight is 509 g/mol. The van der Waals surface area contributed by atoms with Crippen LogP contribution < -0.4 is 4.90 Å². The molecular formula is C26H32N6O3S. The Morgan fingerprint density at radius 2 is 1.83 bits per heavy atom. The Labute approximate surface area is 211 Å². The summed E-state index contributed by atoms with van der Waals surface area (Å²) in [7, 11) is -2.92. The molecule has 4 aliphatic rings. The zero-order chi connectivity index (χ0) is 24.8. The van der Waals surface area contributed by atoms with E-state index < -0.39 is 9.84 Å². The molecular weight excluding hydrogens is 476 g/mol. The monoisotopic (exact) mass is 508 g/mol. The molecule has 5 heterocycles. The topological polar surface area (TPSA) is 93.5 Å². The highest BCUT2D eigenvalue weighted by molar-refractivity contribution is 7.90. The lowest BCUT2D eigenvalue weighted by Crippen LogP contribution is -2.37. The van der Waals surface area contributed by atoms with Crippen molar-refractivity contribution in [3.05, 3.63) is 41.3 Å². The van der Waals surface area contributed by atoms with Gasteiger partial charge in [-0.25, -0.2) is 23.1 Å². The van der Waals surface area contributed by atoms with Crippen molar-refractivity contribution in [1.82, 2.24) is 24.6 Å². The summed E-state index contributed by atoms with van der Waals surface area (Å²) in [5, 5.41) is 5.85. The Balaban J connectivity index is 1.17. The lowest BCUT2D eigenvalue weighted by Gasteiger charge is -2.28. The minimum Gasteiger partial charge on any atom is -0.374 e. The zero-order valence-corrected chi connectivity index (χ0v) is 21.8. The lowest BCUT2D eigenvalue weighted by molar-refractivity contribution is 0.0988. The highest BCUT2D eigenvalue weighted by Crippen LogP contribution is 2.59. The number of nitrogens with zero attached hydrogens (tertiary/aromatic N) is 6. The maximum Gasteiger partial charge on any atom is 0.159 e. The molecule has 10 heteroatoms. The zero-order valence-electron chi connectivity index (χ0n) is 21.0. The minimum atomic E-state index is -2.92. The molecule has 9 nitrogen and oxygen atoms in total. The summed E-state index contributed by atoms with van der Waals surface area (Å²) in [6, 6.07) is 7.01. The van der Waals surface area contributed by atoms with Crippen molar-refractivity contribution in [1.29, 1.82) is 0 Å². The number of ether oxygens (including phenoxy) is 1. The molecule has 4 unspecified atom stereocenters. The van der Waals surface area contributed by atoms with Gasteiger partial charge < -0.3 is 14.5 Å². The summed E-state index contributed by atoms with van der Waals surface area (Å²) in [6.45, 7) is 8.40. The fourth-order valence-electron chi connectivity index (χ4n) is 6.77. The largest absolute Gasteiger partial charge is 0.374 e. The van der Waals surface area contributed by atoms with E-state index in [1.807, 2.05) is 17.8 Å². The van der Waals surface area contributed by atoms with E-state index >= 15 is 0 Å².